The van der Waals surface area contributed by atoms with Crippen LogP contribution in [-0.4, -0.2) is 23.1 Å². The van der Waals surface area contributed by atoms with Crippen LogP contribution in [0, 0.1) is 6.92 Å². The van der Waals surface area contributed by atoms with Crippen LogP contribution >= 0.6 is 0 Å². The first kappa shape index (κ1) is 17.5. The standard InChI is InChI=1S/C19H21NO4/c1-12(2)24-17-9-8-15(10-13(17)3)20-18(21)11-14-6-4-5-7-16(14)19(22)23/h4-10,12H,11H2,1-3H3,(H,20,21)(H,22,23). The van der Waals surface area contributed by atoms with Crippen molar-refractivity contribution in [3.63, 3.8) is 0 Å². The molecule has 1 amide bonds. The molecule has 0 aliphatic rings. The Bertz CT molecular complexity index is 753. The van der Waals surface area contributed by atoms with E-state index in [1.807, 2.05) is 32.9 Å². The lowest BCUT2D eigenvalue weighted by atomic mass is 10.0. The van der Waals surface area contributed by atoms with Crippen LogP contribution in [0.3, 0.4) is 0 Å². The second-order valence-corrected chi connectivity index (χ2v) is 5.83. The summed E-state index contributed by atoms with van der Waals surface area (Å²) < 4.78 is 5.66. The molecule has 2 N–H and O–H groups in total. The van der Waals surface area contributed by atoms with Crippen LogP contribution in [0.1, 0.15) is 35.3 Å². The van der Waals surface area contributed by atoms with Gasteiger partial charge in [0, 0.05) is 5.69 Å². The highest BCUT2D eigenvalue weighted by Crippen LogP contribution is 2.23. The predicted octanol–water partition coefficient (Wildman–Crippen LogP) is 3.66. The molecule has 0 unspecified atom stereocenters. The first-order valence-corrected chi connectivity index (χ1v) is 7.75. The summed E-state index contributed by atoms with van der Waals surface area (Å²) in [4.78, 5) is 23.4. The Morgan fingerprint density at radius 1 is 1.17 bits per heavy atom. The number of rotatable bonds is 6. The number of aromatic carboxylic acids is 1. The Labute approximate surface area is 141 Å². The van der Waals surface area contributed by atoms with Gasteiger partial charge < -0.3 is 15.2 Å². The molecule has 2 aromatic rings. The average molecular weight is 327 g/mol. The number of amides is 1. The Kier molecular flexibility index (Phi) is 5.58. The van der Waals surface area contributed by atoms with Crippen LogP contribution < -0.4 is 10.1 Å². The Hall–Kier alpha value is -2.82. The quantitative estimate of drug-likeness (QED) is 0.849. The van der Waals surface area contributed by atoms with Gasteiger partial charge in [-0.2, -0.15) is 0 Å². The third kappa shape index (κ3) is 4.59. The number of ether oxygens (including phenoxy) is 1. The number of hydrogen-bond donors (Lipinski definition) is 2. The molecule has 0 fully saturated rings. The molecule has 0 aliphatic heterocycles. The van der Waals surface area contributed by atoms with E-state index in [-0.39, 0.29) is 24.0 Å². The molecule has 0 saturated heterocycles. The van der Waals surface area contributed by atoms with Gasteiger partial charge in [0.05, 0.1) is 18.1 Å². The van der Waals surface area contributed by atoms with E-state index in [0.717, 1.165) is 11.3 Å². The number of carbonyl (C=O) groups excluding carboxylic acids is 1. The third-order valence-electron chi connectivity index (χ3n) is 3.42. The van der Waals surface area contributed by atoms with Gasteiger partial charge >= 0.3 is 5.97 Å². The molecule has 5 nitrogen and oxygen atoms in total. The fraction of sp³-hybridized carbons (Fsp3) is 0.263. The number of carboxylic acids is 1. The van der Waals surface area contributed by atoms with Crippen LogP contribution in [-0.2, 0) is 11.2 Å². The maximum Gasteiger partial charge on any atom is 0.335 e. The summed E-state index contributed by atoms with van der Waals surface area (Å²) in [5, 5.41) is 12.0. The summed E-state index contributed by atoms with van der Waals surface area (Å²) in [6.07, 6.45) is 0.0860. The molecule has 2 aromatic carbocycles. The van der Waals surface area contributed by atoms with Crippen molar-refractivity contribution in [2.75, 3.05) is 5.32 Å². The summed E-state index contributed by atoms with van der Waals surface area (Å²) in [5.41, 5.74) is 2.21. The Morgan fingerprint density at radius 3 is 2.50 bits per heavy atom. The van der Waals surface area contributed by atoms with Gasteiger partial charge in [0.1, 0.15) is 5.75 Å². The number of carboxylic acid groups (broad SMARTS) is 1. The van der Waals surface area contributed by atoms with Gasteiger partial charge in [-0.15, -0.1) is 0 Å². The van der Waals surface area contributed by atoms with Crippen LogP contribution in [0.5, 0.6) is 5.75 Å². The van der Waals surface area contributed by atoms with Crippen molar-refractivity contribution in [2.24, 2.45) is 0 Å². The number of anilines is 1. The van der Waals surface area contributed by atoms with Crippen molar-refractivity contribution in [2.45, 2.75) is 33.3 Å². The lowest BCUT2D eigenvalue weighted by Gasteiger charge is -2.14. The molecule has 0 radical (unpaired) electrons. The molecule has 126 valence electrons. The van der Waals surface area contributed by atoms with Crippen molar-refractivity contribution in [1.82, 2.24) is 0 Å². The number of nitrogens with one attached hydrogen (secondary N) is 1. The highest BCUT2D eigenvalue weighted by Gasteiger charge is 2.13. The summed E-state index contributed by atoms with van der Waals surface area (Å²) in [5.74, 6) is -0.524. The van der Waals surface area contributed by atoms with E-state index in [2.05, 4.69) is 5.32 Å². The van der Waals surface area contributed by atoms with E-state index in [0.29, 0.717) is 11.3 Å². The van der Waals surface area contributed by atoms with Crippen LogP contribution in [0.4, 0.5) is 5.69 Å². The molecule has 0 saturated carbocycles. The minimum absolute atomic E-state index is 0.00572. The van der Waals surface area contributed by atoms with Crippen molar-refractivity contribution < 1.29 is 19.4 Å². The van der Waals surface area contributed by atoms with Crippen molar-refractivity contribution in [3.8, 4) is 5.75 Å². The number of benzene rings is 2. The van der Waals surface area contributed by atoms with Gasteiger partial charge in [-0.05, 0) is 56.2 Å². The van der Waals surface area contributed by atoms with E-state index in [9.17, 15) is 9.59 Å². The summed E-state index contributed by atoms with van der Waals surface area (Å²) in [6, 6.07) is 11.9. The van der Waals surface area contributed by atoms with E-state index < -0.39 is 5.97 Å². The lowest BCUT2D eigenvalue weighted by Crippen LogP contribution is -2.16. The zero-order valence-corrected chi connectivity index (χ0v) is 14.0. The van der Waals surface area contributed by atoms with Gasteiger partial charge in [0.25, 0.3) is 0 Å². The van der Waals surface area contributed by atoms with Crippen LogP contribution in [0.25, 0.3) is 0 Å². The minimum atomic E-state index is -1.04. The molecule has 24 heavy (non-hydrogen) atoms. The smallest absolute Gasteiger partial charge is 0.335 e. The van der Waals surface area contributed by atoms with Crippen LogP contribution in [0.2, 0.25) is 0 Å². The molecule has 0 heterocycles. The maximum atomic E-state index is 12.2. The zero-order chi connectivity index (χ0) is 17.7. The van der Waals surface area contributed by atoms with Gasteiger partial charge in [-0.3, -0.25) is 4.79 Å². The first-order valence-electron chi connectivity index (χ1n) is 7.75. The summed E-state index contributed by atoms with van der Waals surface area (Å²) >= 11 is 0. The summed E-state index contributed by atoms with van der Waals surface area (Å²) in [6.45, 7) is 5.82. The molecule has 0 aromatic heterocycles. The van der Waals surface area contributed by atoms with Crippen molar-refractivity contribution in [1.29, 1.82) is 0 Å². The van der Waals surface area contributed by atoms with Crippen molar-refractivity contribution >= 4 is 17.6 Å². The minimum Gasteiger partial charge on any atom is -0.491 e. The number of carbonyl (C=O) groups is 2. The number of hydrogen-bond acceptors (Lipinski definition) is 3. The molecule has 0 bridgehead atoms. The van der Waals surface area contributed by atoms with E-state index in [4.69, 9.17) is 9.84 Å². The van der Waals surface area contributed by atoms with E-state index in [1.54, 1.807) is 24.3 Å². The van der Waals surface area contributed by atoms with Gasteiger partial charge in [-0.25, -0.2) is 4.79 Å². The first-order chi connectivity index (χ1) is 11.4. The third-order valence-corrected chi connectivity index (χ3v) is 3.42. The average Bonchev–Trinajstić information content (AvgIpc) is 2.50. The summed E-state index contributed by atoms with van der Waals surface area (Å²) in [7, 11) is 0. The van der Waals surface area contributed by atoms with E-state index >= 15 is 0 Å². The highest BCUT2D eigenvalue weighted by atomic mass is 16.5. The van der Waals surface area contributed by atoms with Gasteiger partial charge in [-0.1, -0.05) is 18.2 Å². The monoisotopic (exact) mass is 327 g/mol. The van der Waals surface area contributed by atoms with Gasteiger partial charge in [0.15, 0.2) is 0 Å². The molecular weight excluding hydrogens is 306 g/mol. The lowest BCUT2D eigenvalue weighted by molar-refractivity contribution is -0.115. The maximum absolute atomic E-state index is 12.2. The zero-order valence-electron chi connectivity index (χ0n) is 14.0. The second-order valence-electron chi connectivity index (χ2n) is 5.83. The molecular formula is C19H21NO4. The molecule has 0 aliphatic carbocycles. The highest BCUT2D eigenvalue weighted by molar-refractivity contribution is 5.96. The molecule has 2 rings (SSSR count). The largest absolute Gasteiger partial charge is 0.491 e. The fourth-order valence-electron chi connectivity index (χ4n) is 2.37. The molecule has 5 heteroatoms. The van der Waals surface area contributed by atoms with E-state index in [1.165, 1.54) is 6.07 Å². The van der Waals surface area contributed by atoms with Gasteiger partial charge in [0.2, 0.25) is 5.91 Å². The molecule has 0 atom stereocenters. The molecule has 0 spiro atoms. The number of aryl methyl sites for hydroxylation is 1. The van der Waals surface area contributed by atoms with Crippen LogP contribution in [0.15, 0.2) is 42.5 Å². The SMILES string of the molecule is Cc1cc(NC(=O)Cc2ccccc2C(=O)O)ccc1OC(C)C. The Balaban J connectivity index is 2.08. The predicted molar refractivity (Wildman–Crippen MR) is 92.7 cm³/mol. The van der Waals surface area contributed by atoms with Crippen molar-refractivity contribution in [3.05, 3.63) is 59.2 Å². The fourth-order valence-corrected chi connectivity index (χ4v) is 2.37. The normalized spacial score (nSPS) is 10.5. The topological polar surface area (TPSA) is 75.6 Å². The Morgan fingerprint density at radius 2 is 1.88 bits per heavy atom. The second kappa shape index (κ2) is 7.64.